The van der Waals surface area contributed by atoms with Gasteiger partial charge in [-0.25, -0.2) is 0 Å². The molecule has 4 rings (SSSR count). The molecule has 27 heavy (non-hydrogen) atoms. The molecular weight excluding hydrogens is 340 g/mol. The lowest BCUT2D eigenvalue weighted by Gasteiger charge is -2.66. The number of fused-ring (bicyclic) bond motifs is 3. The third-order valence-corrected chi connectivity index (χ3v) is 9.06. The van der Waals surface area contributed by atoms with Crippen molar-refractivity contribution in [2.45, 2.75) is 116 Å². The van der Waals surface area contributed by atoms with Gasteiger partial charge in [0.25, 0.3) is 0 Å². The van der Waals surface area contributed by atoms with E-state index in [-0.39, 0.29) is 34.2 Å². The van der Waals surface area contributed by atoms with Gasteiger partial charge >= 0.3 is 0 Å². The lowest BCUT2D eigenvalue weighted by atomic mass is 9.44. The fourth-order valence-corrected chi connectivity index (χ4v) is 7.48. The van der Waals surface area contributed by atoms with Crippen molar-refractivity contribution in [1.82, 2.24) is 0 Å². The first-order valence-electron chi connectivity index (χ1n) is 11.0. The fraction of sp³-hybridized carbons (Fsp3) is 1.00. The molecule has 2 heterocycles. The van der Waals surface area contributed by atoms with Crippen LogP contribution in [0.3, 0.4) is 0 Å². The highest BCUT2D eigenvalue weighted by atomic mass is 16.8. The summed E-state index contributed by atoms with van der Waals surface area (Å²) in [7, 11) is 0. The summed E-state index contributed by atoms with van der Waals surface area (Å²) in [5.41, 5.74) is -0.177. The summed E-state index contributed by atoms with van der Waals surface area (Å²) >= 11 is 0. The van der Waals surface area contributed by atoms with Crippen molar-refractivity contribution in [2.24, 2.45) is 22.7 Å². The van der Waals surface area contributed by atoms with Crippen LogP contribution >= 0.6 is 0 Å². The van der Waals surface area contributed by atoms with E-state index in [1.54, 1.807) is 0 Å². The van der Waals surface area contributed by atoms with Gasteiger partial charge in [-0.2, -0.15) is 0 Å². The predicted molar refractivity (Wildman–Crippen MR) is 105 cm³/mol. The Balaban J connectivity index is 1.59. The summed E-state index contributed by atoms with van der Waals surface area (Å²) in [6.45, 7) is 16.2. The molecule has 0 amide bonds. The molecule has 4 fully saturated rings. The van der Waals surface area contributed by atoms with Gasteiger partial charge < -0.3 is 19.3 Å². The number of aliphatic hydroxyl groups excluding tert-OH is 1. The maximum absolute atomic E-state index is 10.7. The van der Waals surface area contributed by atoms with Crippen LogP contribution in [0.4, 0.5) is 0 Å². The normalized spacial score (nSPS) is 54.2. The Morgan fingerprint density at radius 3 is 2.04 bits per heavy atom. The van der Waals surface area contributed by atoms with Crippen LogP contribution in [0.5, 0.6) is 0 Å². The maximum atomic E-state index is 10.7. The first-order valence-corrected chi connectivity index (χ1v) is 11.0. The molecule has 0 aromatic carbocycles. The van der Waals surface area contributed by atoms with Crippen LogP contribution in [0.25, 0.3) is 0 Å². The molecule has 0 unspecified atom stereocenters. The van der Waals surface area contributed by atoms with Crippen molar-refractivity contribution in [1.29, 1.82) is 0 Å². The Kier molecular flexibility index (Phi) is 4.42. The fourth-order valence-electron chi connectivity index (χ4n) is 7.48. The molecule has 2 saturated heterocycles. The lowest BCUT2D eigenvalue weighted by molar-refractivity contribution is -0.295. The van der Waals surface area contributed by atoms with E-state index in [1.807, 2.05) is 13.8 Å². The number of aliphatic hydroxyl groups is 1. The molecule has 0 spiro atoms. The third kappa shape index (κ3) is 2.93. The highest BCUT2D eigenvalue weighted by molar-refractivity contribution is 5.13. The predicted octanol–water partition coefficient (Wildman–Crippen LogP) is 4.68. The molecule has 4 nitrogen and oxygen atoms in total. The van der Waals surface area contributed by atoms with Crippen LogP contribution in [0.1, 0.15) is 87.0 Å². The summed E-state index contributed by atoms with van der Waals surface area (Å²) in [5.74, 6) is 0.589. The molecule has 156 valence electrons. The molecule has 0 aromatic heterocycles. The lowest BCUT2D eigenvalue weighted by Crippen LogP contribution is -2.66. The van der Waals surface area contributed by atoms with Crippen molar-refractivity contribution in [3.05, 3.63) is 0 Å². The second-order valence-electron chi connectivity index (χ2n) is 11.6. The molecule has 7 atom stereocenters. The summed E-state index contributed by atoms with van der Waals surface area (Å²) < 4.78 is 19.1. The van der Waals surface area contributed by atoms with E-state index in [1.165, 1.54) is 6.42 Å². The Morgan fingerprint density at radius 2 is 1.41 bits per heavy atom. The van der Waals surface area contributed by atoms with Crippen LogP contribution in [0.2, 0.25) is 0 Å². The van der Waals surface area contributed by atoms with Crippen molar-refractivity contribution in [3.8, 4) is 0 Å². The maximum Gasteiger partial charge on any atom is 0.163 e. The second-order valence-corrected chi connectivity index (χ2v) is 11.6. The monoisotopic (exact) mass is 380 g/mol. The van der Waals surface area contributed by atoms with Crippen LogP contribution in [0, 0.1) is 22.7 Å². The standard InChI is InChI=1S/C23H40O4/c1-19(2)15-8-12-22(6)16(21(15,5)11-10-17(19)24)9-13-23(7,27-22)18-14-25-20(3,4)26-18/h15-18,24H,8-14H2,1-7H3/t15-,16+,17-,18+,21-,22+,23-/m1/s1. The minimum atomic E-state index is -0.512. The largest absolute Gasteiger partial charge is 0.393 e. The van der Waals surface area contributed by atoms with E-state index in [4.69, 9.17) is 14.2 Å². The van der Waals surface area contributed by atoms with Gasteiger partial charge in [0.2, 0.25) is 0 Å². The van der Waals surface area contributed by atoms with Crippen molar-refractivity contribution in [3.63, 3.8) is 0 Å². The van der Waals surface area contributed by atoms with E-state index in [2.05, 4.69) is 34.6 Å². The SMILES string of the molecule is CC1(C)OC[C@@H]([C@@]2(C)CC[C@H]3[C@]4(C)CC[C@@H](O)C(C)(C)[C@H]4CC[C@]3(C)O2)O1. The van der Waals surface area contributed by atoms with E-state index in [0.29, 0.717) is 18.4 Å². The Bertz CT molecular complexity index is 601. The first-order chi connectivity index (χ1) is 12.3. The highest BCUT2D eigenvalue weighted by Gasteiger charge is 2.64. The topological polar surface area (TPSA) is 47.9 Å². The van der Waals surface area contributed by atoms with Crippen molar-refractivity contribution >= 4 is 0 Å². The van der Waals surface area contributed by atoms with Crippen molar-refractivity contribution < 1.29 is 19.3 Å². The van der Waals surface area contributed by atoms with Gasteiger partial charge in [0.1, 0.15) is 6.10 Å². The van der Waals surface area contributed by atoms with Crippen molar-refractivity contribution in [2.75, 3.05) is 6.61 Å². The van der Waals surface area contributed by atoms with Gasteiger partial charge in [-0.1, -0.05) is 20.8 Å². The van der Waals surface area contributed by atoms with Gasteiger partial charge in [-0.05, 0) is 88.9 Å². The number of hydrogen-bond donors (Lipinski definition) is 1. The summed E-state index contributed by atoms with van der Waals surface area (Å²) in [4.78, 5) is 0. The van der Waals surface area contributed by atoms with Crippen LogP contribution < -0.4 is 0 Å². The smallest absolute Gasteiger partial charge is 0.163 e. The van der Waals surface area contributed by atoms with Gasteiger partial charge in [-0.15, -0.1) is 0 Å². The van der Waals surface area contributed by atoms with Gasteiger partial charge in [0.05, 0.1) is 23.9 Å². The zero-order valence-electron chi connectivity index (χ0n) is 18.4. The minimum absolute atomic E-state index is 0.000392. The first kappa shape index (κ1) is 20.1. The number of rotatable bonds is 1. The number of ether oxygens (including phenoxy) is 3. The average molecular weight is 381 g/mol. The molecular formula is C23H40O4. The average Bonchev–Trinajstić information content (AvgIpc) is 2.91. The quantitative estimate of drug-likeness (QED) is 0.717. The van der Waals surface area contributed by atoms with Gasteiger partial charge in [-0.3, -0.25) is 0 Å². The van der Waals surface area contributed by atoms with E-state index in [9.17, 15) is 5.11 Å². The Hall–Kier alpha value is -0.160. The second kappa shape index (κ2) is 5.93. The molecule has 2 aliphatic heterocycles. The summed E-state index contributed by atoms with van der Waals surface area (Å²) in [6, 6.07) is 0. The molecule has 2 aliphatic carbocycles. The zero-order valence-corrected chi connectivity index (χ0v) is 18.4. The van der Waals surface area contributed by atoms with Gasteiger partial charge in [0, 0.05) is 0 Å². The van der Waals surface area contributed by atoms with E-state index < -0.39 is 5.79 Å². The highest BCUT2D eigenvalue weighted by Crippen LogP contribution is 2.65. The van der Waals surface area contributed by atoms with Gasteiger partial charge in [0.15, 0.2) is 5.79 Å². The molecule has 0 radical (unpaired) electrons. The number of hydrogen-bond acceptors (Lipinski definition) is 4. The zero-order chi connectivity index (χ0) is 19.9. The van der Waals surface area contributed by atoms with E-state index >= 15 is 0 Å². The molecule has 4 aliphatic rings. The van der Waals surface area contributed by atoms with Crippen LogP contribution in [0.15, 0.2) is 0 Å². The third-order valence-electron chi connectivity index (χ3n) is 9.06. The Labute approximate surface area is 165 Å². The van der Waals surface area contributed by atoms with Crippen LogP contribution in [-0.4, -0.2) is 40.9 Å². The summed E-state index contributed by atoms with van der Waals surface area (Å²) in [5, 5.41) is 10.7. The summed E-state index contributed by atoms with van der Waals surface area (Å²) in [6.07, 6.45) is 6.24. The van der Waals surface area contributed by atoms with Crippen LogP contribution in [-0.2, 0) is 14.2 Å². The molecule has 0 aromatic rings. The molecule has 4 heteroatoms. The molecule has 2 saturated carbocycles. The minimum Gasteiger partial charge on any atom is -0.393 e. The molecule has 0 bridgehead atoms. The Morgan fingerprint density at radius 1 is 0.778 bits per heavy atom. The molecule has 1 N–H and O–H groups in total. The van der Waals surface area contributed by atoms with E-state index in [0.717, 1.165) is 32.1 Å².